The molecule has 3 unspecified atom stereocenters. The van der Waals surface area contributed by atoms with Crippen LogP contribution < -0.4 is 24.8 Å². The maximum absolute atomic E-state index is 2.57. The van der Waals surface area contributed by atoms with E-state index in [1.54, 1.807) is 46.6 Å². The van der Waals surface area contributed by atoms with Crippen LogP contribution in [0, 0.1) is 0 Å². The molecule has 0 bridgehead atoms. The predicted octanol–water partition coefficient (Wildman–Crippen LogP) is 2.22. The van der Waals surface area contributed by atoms with Gasteiger partial charge < -0.3 is 24.8 Å². The Kier molecular flexibility index (Phi) is 8.25. The number of rotatable bonds is 8. The molecular weight excluding hydrogens is 527 g/mol. The van der Waals surface area contributed by atoms with Crippen molar-refractivity contribution in [3.8, 4) is 0 Å². The van der Waals surface area contributed by atoms with Gasteiger partial charge in [0.15, 0.2) is 0 Å². The average molecular weight is 560 g/mol. The summed E-state index contributed by atoms with van der Waals surface area (Å²) in [5.74, 6) is 1.39. The first-order chi connectivity index (χ1) is 14.4. The van der Waals surface area contributed by atoms with Crippen molar-refractivity contribution < 1.29 is 49.5 Å². The Morgan fingerprint density at radius 2 is 1.59 bits per heavy atom. The number of hydrogen-bond acceptors (Lipinski definition) is 0. The van der Waals surface area contributed by atoms with Crippen molar-refractivity contribution >= 4 is 19.3 Å². The van der Waals surface area contributed by atoms with E-state index in [1.807, 2.05) is 5.20 Å². The zero-order valence-corrected chi connectivity index (χ0v) is 24.4. The Balaban J connectivity index is 0.00000144. The van der Waals surface area contributed by atoms with Crippen LogP contribution in [0.5, 0.6) is 0 Å². The smallest absolute Gasteiger partial charge is 1.00 e. The van der Waals surface area contributed by atoms with E-state index in [9.17, 15) is 0 Å². The van der Waals surface area contributed by atoms with Crippen molar-refractivity contribution in [2.75, 3.05) is 0 Å². The molecule has 3 atom stereocenters. The number of fused-ring (bicyclic) bond motifs is 3. The molecule has 0 saturated carbocycles. The third kappa shape index (κ3) is 4.59. The van der Waals surface area contributed by atoms with Gasteiger partial charge in [-0.2, -0.15) is 0 Å². The molecule has 4 heteroatoms. The van der Waals surface area contributed by atoms with Gasteiger partial charge in [-0.15, -0.1) is 0 Å². The van der Waals surface area contributed by atoms with Crippen molar-refractivity contribution in [1.29, 1.82) is 0 Å². The molecule has 0 amide bonds. The van der Waals surface area contributed by atoms with E-state index in [1.165, 1.54) is 44.1 Å². The Hall–Kier alpha value is -0.400. The molecule has 0 radical (unpaired) electrons. The van der Waals surface area contributed by atoms with Crippen molar-refractivity contribution in [1.82, 2.24) is 0 Å². The Morgan fingerprint density at radius 3 is 2.34 bits per heavy atom. The molecule has 1 heterocycles. The van der Waals surface area contributed by atoms with Gasteiger partial charge in [0.2, 0.25) is 0 Å². The van der Waals surface area contributed by atoms with E-state index in [0.717, 1.165) is 5.92 Å². The first-order valence-corrected chi connectivity index (χ1v) is 16.0. The summed E-state index contributed by atoms with van der Waals surface area (Å²) in [6, 6.07) is 18.3. The molecule has 32 heavy (non-hydrogen) atoms. The van der Waals surface area contributed by atoms with Crippen LogP contribution in [0.3, 0.4) is 0 Å². The fourth-order valence-corrected chi connectivity index (χ4v) is 11.1. The quantitative estimate of drug-likeness (QED) is 0.436. The summed E-state index contributed by atoms with van der Waals surface area (Å²) in [6.07, 6.45) is 12.9. The maximum Gasteiger partial charge on any atom is -1.00 e. The van der Waals surface area contributed by atoms with E-state index in [4.69, 9.17) is 0 Å². The third-order valence-corrected chi connectivity index (χ3v) is 13.7. The minimum atomic E-state index is -1.17. The van der Waals surface area contributed by atoms with Crippen molar-refractivity contribution in [3.63, 3.8) is 0 Å². The maximum atomic E-state index is 2.57. The van der Waals surface area contributed by atoms with Gasteiger partial charge in [0, 0.05) is 0 Å². The summed E-state index contributed by atoms with van der Waals surface area (Å²) < 4.78 is 0.563. The Morgan fingerprint density at radius 1 is 0.906 bits per heavy atom. The number of hydrogen-bond donors (Lipinski definition) is 0. The van der Waals surface area contributed by atoms with Gasteiger partial charge in [0.1, 0.15) is 0 Å². The number of halogens is 2. The minimum absolute atomic E-state index is 0. The zero-order valence-electron chi connectivity index (χ0n) is 19.4. The second-order valence-electron chi connectivity index (χ2n) is 10.2. The second kappa shape index (κ2) is 10.1. The van der Waals surface area contributed by atoms with Crippen LogP contribution in [0.2, 0.25) is 16.2 Å². The first-order valence-electron chi connectivity index (χ1n) is 11.8. The van der Waals surface area contributed by atoms with Crippen LogP contribution in [0.4, 0.5) is 0 Å². The van der Waals surface area contributed by atoms with E-state index in [-0.39, 0.29) is 24.8 Å². The van der Waals surface area contributed by atoms with Gasteiger partial charge >= 0.3 is 200 Å². The fraction of sp³-hybridized carbons (Fsp3) is 0.429. The summed E-state index contributed by atoms with van der Waals surface area (Å²) in [5.41, 5.74) is 6.25. The van der Waals surface area contributed by atoms with Crippen LogP contribution >= 0.6 is 0 Å². The van der Waals surface area contributed by atoms with Crippen LogP contribution in [0.25, 0.3) is 11.3 Å². The molecule has 3 aliphatic rings. The summed E-state index contributed by atoms with van der Waals surface area (Å²) in [5, 5.41) is 3.70. The molecule has 1 aliphatic heterocycles. The minimum Gasteiger partial charge on any atom is -1.00 e. The number of allylic oxidation sites excluding steroid dienone is 2. The fourth-order valence-electron chi connectivity index (χ4n) is 6.21. The summed E-state index contributed by atoms with van der Waals surface area (Å²) in [6.45, 7) is 7.57. The van der Waals surface area contributed by atoms with Gasteiger partial charge in [-0.05, 0) is 0 Å². The summed E-state index contributed by atoms with van der Waals surface area (Å²) in [7, 11) is -1.17. The van der Waals surface area contributed by atoms with Crippen molar-refractivity contribution in [2.24, 2.45) is 0 Å². The molecule has 0 saturated heterocycles. The summed E-state index contributed by atoms with van der Waals surface area (Å²) >= 11 is 1.76. The van der Waals surface area contributed by atoms with Crippen molar-refractivity contribution in [2.45, 2.75) is 73.5 Å². The standard InChI is InChI=1S/C28H33Si.2ClH.Zr/c1-4-20(10-9-12-22-18-17-21-11-5-6-13-23(21)22)16-19-26-24-14-7-8-15-25(24)27-28(26)29(27,2)3;;;/h5-8,11,13-15,17-18,22,26H,4,9-10,12,16,19H2,1-3H3;2*1H;/q;;;+2/p-2. The SMILES string of the molecule is CC[C]([Zr+2])(CCCC1C=Cc2ccccc21)CCC1C2=C(c3ccccc31)[Si]2(C)C.[Cl-].[Cl-]. The predicted molar refractivity (Wildman–Crippen MR) is 128 cm³/mol. The monoisotopic (exact) mass is 557 g/mol. The van der Waals surface area contributed by atoms with E-state index in [2.05, 4.69) is 80.7 Å². The first kappa shape index (κ1) is 26.2. The summed E-state index contributed by atoms with van der Waals surface area (Å²) in [4.78, 5) is 0. The van der Waals surface area contributed by atoms with Gasteiger partial charge in [0.05, 0.1) is 0 Å². The zero-order chi connectivity index (χ0) is 20.9. The molecule has 2 aromatic rings. The second-order valence-corrected chi connectivity index (χ2v) is 17.1. The van der Waals surface area contributed by atoms with E-state index >= 15 is 0 Å². The molecule has 0 spiro atoms. The molecule has 2 aliphatic carbocycles. The topological polar surface area (TPSA) is 0 Å². The van der Waals surface area contributed by atoms with Crippen LogP contribution in [0.15, 0.2) is 59.8 Å². The largest absolute Gasteiger partial charge is 1.00 e. The molecule has 2 aromatic carbocycles. The molecule has 5 rings (SSSR count). The van der Waals surface area contributed by atoms with Crippen molar-refractivity contribution in [3.05, 3.63) is 82.1 Å². The Labute approximate surface area is 223 Å². The van der Waals surface area contributed by atoms with Crippen LogP contribution in [0.1, 0.15) is 79.5 Å². The van der Waals surface area contributed by atoms with E-state index in [0.29, 0.717) is 9.04 Å². The third-order valence-electron chi connectivity index (χ3n) is 8.12. The molecule has 167 valence electrons. The molecule has 0 N–H and O–H groups in total. The van der Waals surface area contributed by atoms with Gasteiger partial charge in [-0.1, -0.05) is 0 Å². The Bertz CT molecular complexity index is 1040. The van der Waals surface area contributed by atoms with Gasteiger partial charge in [-0.3, -0.25) is 0 Å². The average Bonchev–Trinajstić information content (AvgIpc) is 3.07. The molecule has 0 nitrogen and oxygen atoms in total. The van der Waals surface area contributed by atoms with Gasteiger partial charge in [-0.25, -0.2) is 0 Å². The van der Waals surface area contributed by atoms with Crippen LogP contribution in [-0.2, 0) is 24.7 Å². The van der Waals surface area contributed by atoms with E-state index < -0.39 is 8.07 Å². The normalized spacial score (nSPS) is 22.9. The van der Waals surface area contributed by atoms with Gasteiger partial charge in [0.25, 0.3) is 0 Å². The molecular formula is C28H33Cl2SiZr. The van der Waals surface area contributed by atoms with Crippen LogP contribution in [-0.4, -0.2) is 8.07 Å². The molecule has 0 fully saturated rings. The molecule has 0 aromatic heterocycles. The number of benzene rings is 2.